The Morgan fingerprint density at radius 3 is 2.74 bits per heavy atom. The zero-order valence-electron chi connectivity index (χ0n) is 17.5. The second kappa shape index (κ2) is 5.97. The summed E-state index contributed by atoms with van der Waals surface area (Å²) < 4.78 is 13.0. The van der Waals surface area contributed by atoms with Gasteiger partial charge in [-0.2, -0.15) is 0 Å². The lowest BCUT2D eigenvalue weighted by Crippen LogP contribution is -2.34. The van der Waals surface area contributed by atoms with Gasteiger partial charge in [-0.1, -0.05) is 12.1 Å². The third kappa shape index (κ3) is 2.55. The number of amides is 1. The van der Waals surface area contributed by atoms with Gasteiger partial charge in [0.15, 0.2) is 17.5 Å². The topological polar surface area (TPSA) is 86.4 Å². The lowest BCUT2D eigenvalue weighted by atomic mass is 9.89. The van der Waals surface area contributed by atoms with Gasteiger partial charge < -0.3 is 13.7 Å². The number of anilines is 1. The van der Waals surface area contributed by atoms with Crippen LogP contribution in [0.4, 0.5) is 10.5 Å². The highest BCUT2D eigenvalue weighted by molar-refractivity contribution is 6.04. The third-order valence-electron chi connectivity index (χ3n) is 6.38. The molecule has 0 atom stereocenters. The van der Waals surface area contributed by atoms with Crippen LogP contribution >= 0.6 is 0 Å². The van der Waals surface area contributed by atoms with Gasteiger partial charge in [-0.15, -0.1) is 0 Å². The summed E-state index contributed by atoms with van der Waals surface area (Å²) in [5.74, 6) is 0. The molecule has 1 N–H and O–H groups in total. The van der Waals surface area contributed by atoms with Crippen molar-refractivity contribution in [3.05, 3.63) is 58.2 Å². The minimum absolute atomic E-state index is 0.0957. The van der Waals surface area contributed by atoms with E-state index in [0.29, 0.717) is 11.1 Å². The second-order valence-corrected chi connectivity index (χ2v) is 8.86. The van der Waals surface area contributed by atoms with Crippen LogP contribution < -0.4 is 10.9 Å². The smallest absolute Gasteiger partial charge is 0.412 e. The Balaban J connectivity index is 1.63. The molecular formula is C24H21N3O4. The van der Waals surface area contributed by atoms with E-state index in [1.165, 1.54) is 6.39 Å². The predicted molar refractivity (Wildman–Crippen MR) is 117 cm³/mol. The largest absolute Gasteiger partial charge is 0.443 e. The van der Waals surface area contributed by atoms with Crippen molar-refractivity contribution in [3.63, 3.8) is 0 Å². The van der Waals surface area contributed by atoms with Crippen molar-refractivity contribution in [1.82, 2.24) is 9.55 Å². The Bertz CT molecular complexity index is 1470. The minimum atomic E-state index is -0.736. The number of carbonyl (C=O) groups excluding carboxylic acids is 1. The lowest BCUT2D eigenvalue weighted by Gasteiger charge is -2.33. The van der Waals surface area contributed by atoms with E-state index in [9.17, 15) is 9.59 Å². The maximum Gasteiger partial charge on any atom is 0.412 e. The number of rotatable bonds is 2. The van der Waals surface area contributed by atoms with Crippen molar-refractivity contribution >= 4 is 33.8 Å². The van der Waals surface area contributed by atoms with Crippen LogP contribution in [0.3, 0.4) is 0 Å². The van der Waals surface area contributed by atoms with Crippen LogP contribution in [0.15, 0.2) is 45.9 Å². The summed E-state index contributed by atoms with van der Waals surface area (Å²) in [6, 6.07) is 10.2. The number of nitrogens with zero attached hydrogens (tertiary/aromatic N) is 2. The molecule has 7 nitrogen and oxygen atoms in total. The Kier molecular flexibility index (Phi) is 3.50. The molecule has 0 saturated heterocycles. The highest BCUT2D eigenvalue weighted by Crippen LogP contribution is 2.42. The number of carbonyl (C=O) groups is 1. The molecule has 1 aliphatic carbocycles. The van der Waals surface area contributed by atoms with Gasteiger partial charge in [0.05, 0.1) is 11.2 Å². The summed E-state index contributed by atoms with van der Waals surface area (Å²) in [7, 11) is 0. The van der Waals surface area contributed by atoms with Crippen LogP contribution in [0.2, 0.25) is 0 Å². The molecule has 0 radical (unpaired) electrons. The maximum atomic E-state index is 13.2. The molecule has 3 heterocycles. The van der Waals surface area contributed by atoms with E-state index in [0.717, 1.165) is 51.7 Å². The summed E-state index contributed by atoms with van der Waals surface area (Å²) in [6.07, 6.45) is 2.88. The fraction of sp³-hybridized carbons (Fsp3) is 0.292. The number of aromatic nitrogens is 2. The van der Waals surface area contributed by atoms with Gasteiger partial charge in [0.1, 0.15) is 5.60 Å². The van der Waals surface area contributed by atoms with Crippen molar-refractivity contribution in [3.8, 4) is 11.1 Å². The highest BCUT2D eigenvalue weighted by atomic mass is 16.6. The number of oxazole rings is 1. The van der Waals surface area contributed by atoms with Gasteiger partial charge in [0.2, 0.25) is 0 Å². The molecule has 2 aromatic heterocycles. The molecule has 1 aliphatic heterocycles. The van der Waals surface area contributed by atoms with Crippen molar-refractivity contribution in [2.75, 3.05) is 5.32 Å². The lowest BCUT2D eigenvalue weighted by molar-refractivity contribution is 0.0421. The summed E-state index contributed by atoms with van der Waals surface area (Å²) >= 11 is 0. The molecule has 7 heteroatoms. The molecule has 4 aromatic rings. The Hall–Kier alpha value is -3.61. The number of pyridine rings is 1. The first kappa shape index (κ1) is 18.2. The normalized spacial score (nSPS) is 17.5. The molecule has 2 aliphatic rings. The summed E-state index contributed by atoms with van der Waals surface area (Å²) in [5.41, 5.74) is 5.69. The molecule has 6 rings (SSSR count). The van der Waals surface area contributed by atoms with Crippen LogP contribution in [-0.2, 0) is 10.3 Å². The molecule has 2 aromatic carbocycles. The number of hydrogen-bond donors (Lipinski definition) is 1. The van der Waals surface area contributed by atoms with Gasteiger partial charge in [-0.25, -0.2) is 9.78 Å². The number of fused-ring (bicyclic) bond motifs is 4. The standard InChI is InChI=1S/C24H21N3O4/c1-12-15(13-4-9-18-17(10-13)24(2,3)31-23(29)26-18)7-8-16-20(12)27(14-5-6-14)22(28)19-21(16)30-11-25-19/h4,7-11,14H,5-6H2,1-3H3,(H,26,29). The van der Waals surface area contributed by atoms with E-state index in [2.05, 4.69) is 22.4 Å². The van der Waals surface area contributed by atoms with Crippen molar-refractivity contribution in [2.45, 2.75) is 45.3 Å². The van der Waals surface area contributed by atoms with Crippen LogP contribution in [0.1, 0.15) is 43.9 Å². The van der Waals surface area contributed by atoms with Crippen LogP contribution in [0, 0.1) is 6.92 Å². The van der Waals surface area contributed by atoms with Crippen molar-refractivity contribution < 1.29 is 13.9 Å². The maximum absolute atomic E-state index is 13.2. The van der Waals surface area contributed by atoms with Gasteiger partial charge in [-0.05, 0) is 68.5 Å². The van der Waals surface area contributed by atoms with Crippen LogP contribution in [0.25, 0.3) is 33.1 Å². The molecule has 0 unspecified atom stereocenters. The Labute approximate surface area is 177 Å². The van der Waals surface area contributed by atoms with E-state index in [1.807, 2.05) is 43.5 Å². The Morgan fingerprint density at radius 1 is 1.16 bits per heavy atom. The number of cyclic esters (lactones) is 1. The molecule has 0 spiro atoms. The van der Waals surface area contributed by atoms with E-state index in [4.69, 9.17) is 9.15 Å². The zero-order valence-corrected chi connectivity index (χ0v) is 17.5. The summed E-state index contributed by atoms with van der Waals surface area (Å²) in [4.78, 5) is 29.2. The third-order valence-corrected chi connectivity index (χ3v) is 6.38. The highest BCUT2D eigenvalue weighted by Gasteiger charge is 2.34. The van der Waals surface area contributed by atoms with Gasteiger partial charge in [0, 0.05) is 17.0 Å². The molecular weight excluding hydrogens is 394 g/mol. The first-order valence-corrected chi connectivity index (χ1v) is 10.4. The first-order valence-electron chi connectivity index (χ1n) is 10.4. The number of aryl methyl sites for hydroxylation is 1. The van der Waals surface area contributed by atoms with Gasteiger partial charge >= 0.3 is 6.09 Å². The molecule has 0 bridgehead atoms. The molecule has 31 heavy (non-hydrogen) atoms. The fourth-order valence-corrected chi connectivity index (χ4v) is 4.73. The summed E-state index contributed by atoms with van der Waals surface area (Å²) in [6.45, 7) is 5.81. The molecule has 1 amide bonds. The van der Waals surface area contributed by atoms with Crippen molar-refractivity contribution in [1.29, 1.82) is 0 Å². The van der Waals surface area contributed by atoms with Crippen molar-refractivity contribution in [2.24, 2.45) is 0 Å². The monoisotopic (exact) mass is 415 g/mol. The second-order valence-electron chi connectivity index (χ2n) is 8.86. The predicted octanol–water partition coefficient (Wildman–Crippen LogP) is 5.25. The quantitative estimate of drug-likeness (QED) is 0.483. The average Bonchev–Trinajstić information content (AvgIpc) is 3.43. The van der Waals surface area contributed by atoms with Crippen LogP contribution in [0.5, 0.6) is 0 Å². The fourth-order valence-electron chi connectivity index (χ4n) is 4.73. The summed E-state index contributed by atoms with van der Waals surface area (Å²) in [5, 5.41) is 3.67. The van der Waals surface area contributed by atoms with Crippen LogP contribution in [-0.4, -0.2) is 15.6 Å². The average molecular weight is 415 g/mol. The van der Waals surface area contributed by atoms with Gasteiger partial charge in [-0.3, -0.25) is 10.1 Å². The molecule has 156 valence electrons. The van der Waals surface area contributed by atoms with E-state index in [1.54, 1.807) is 0 Å². The number of benzene rings is 2. The number of hydrogen-bond acceptors (Lipinski definition) is 5. The zero-order chi connectivity index (χ0) is 21.5. The molecule has 1 saturated carbocycles. The van der Waals surface area contributed by atoms with E-state index >= 15 is 0 Å². The first-order chi connectivity index (χ1) is 14.8. The van der Waals surface area contributed by atoms with E-state index < -0.39 is 11.7 Å². The minimum Gasteiger partial charge on any atom is -0.443 e. The number of ether oxygens (including phenoxy) is 1. The van der Waals surface area contributed by atoms with Gasteiger partial charge in [0.25, 0.3) is 5.56 Å². The molecule has 1 fully saturated rings. The SMILES string of the molecule is Cc1c(-c2ccc3c(c2)C(C)(C)OC(=O)N3)ccc2c3ocnc3c(=O)n(C3CC3)c12. The Morgan fingerprint density at radius 2 is 1.97 bits per heavy atom. The number of nitrogens with one attached hydrogen (secondary N) is 1. The van der Waals surface area contributed by atoms with E-state index in [-0.39, 0.29) is 11.6 Å².